The zero-order valence-electron chi connectivity index (χ0n) is 8.48. The molecule has 3 nitrogen and oxygen atoms in total. The molecule has 0 aromatic carbocycles. The zero-order chi connectivity index (χ0) is 12.3. The largest absolute Gasteiger partial charge is 0.488 e. The Bertz CT molecular complexity index is 396. The van der Waals surface area contributed by atoms with Crippen LogP contribution in [-0.2, 0) is 14.3 Å². The maximum Gasteiger partial charge on any atom is 0.237 e. The van der Waals surface area contributed by atoms with Gasteiger partial charge < -0.3 is 4.74 Å². The van der Waals surface area contributed by atoms with Gasteiger partial charge in [0.1, 0.15) is 4.48 Å². The predicted molar refractivity (Wildman–Crippen MR) is 71.7 cm³/mol. The highest BCUT2D eigenvalue weighted by Gasteiger charge is 2.32. The summed E-state index contributed by atoms with van der Waals surface area (Å²) in [5, 5.41) is 0. The molecule has 0 heterocycles. The lowest BCUT2D eigenvalue weighted by Crippen LogP contribution is -2.19. The van der Waals surface area contributed by atoms with Crippen LogP contribution in [0.2, 0.25) is 0 Å². The van der Waals surface area contributed by atoms with Gasteiger partial charge >= 0.3 is 0 Å². The second-order valence-electron chi connectivity index (χ2n) is 3.13. The summed E-state index contributed by atoms with van der Waals surface area (Å²) in [5.41, 5.74) is 0. The number of hydrogen-bond donors (Lipinski definition) is 0. The van der Waals surface area contributed by atoms with Gasteiger partial charge in [-0.3, -0.25) is 9.59 Å². The van der Waals surface area contributed by atoms with Crippen molar-refractivity contribution < 1.29 is 14.3 Å². The molecule has 0 fully saturated rings. The zero-order valence-corrected chi connectivity index (χ0v) is 13.2. The maximum absolute atomic E-state index is 11.8. The number of halogens is 3. The molecule has 0 spiro atoms. The first-order chi connectivity index (χ1) is 7.50. The van der Waals surface area contributed by atoms with Crippen LogP contribution < -0.4 is 0 Å². The second-order valence-corrected chi connectivity index (χ2v) is 5.51. The van der Waals surface area contributed by atoms with Gasteiger partial charge in [0, 0.05) is 0 Å². The number of Topliss-reactive ketones (excluding diaryl/α,β-unsaturated/α-hetero) is 2. The van der Waals surface area contributed by atoms with Crippen molar-refractivity contribution in [3.05, 3.63) is 19.2 Å². The highest BCUT2D eigenvalue weighted by atomic mass is 79.9. The van der Waals surface area contributed by atoms with E-state index in [1.807, 2.05) is 6.92 Å². The number of rotatable bonds is 4. The van der Waals surface area contributed by atoms with Gasteiger partial charge in [0.2, 0.25) is 11.6 Å². The van der Waals surface area contributed by atoms with E-state index in [0.29, 0.717) is 6.61 Å². The van der Waals surface area contributed by atoms with E-state index >= 15 is 0 Å². The summed E-state index contributed by atoms with van der Waals surface area (Å²) in [7, 11) is 0. The molecule has 6 heteroatoms. The third-order valence-corrected chi connectivity index (χ3v) is 4.71. The molecule has 0 aliphatic heterocycles. The highest BCUT2D eigenvalue weighted by molar-refractivity contribution is 9.15. The molecule has 88 valence electrons. The van der Waals surface area contributed by atoms with E-state index in [2.05, 4.69) is 47.8 Å². The molecule has 0 N–H and O–H groups in total. The van der Waals surface area contributed by atoms with Crippen molar-refractivity contribution in [1.82, 2.24) is 0 Å². The SMILES string of the molecule is CCCCOC1=C(Br)C(=O)C(Br)=C(Br)C1=O. The lowest BCUT2D eigenvalue weighted by atomic mass is 10.1. The van der Waals surface area contributed by atoms with Crippen LogP contribution in [0.25, 0.3) is 0 Å². The lowest BCUT2D eigenvalue weighted by Gasteiger charge is -2.15. The molecule has 1 aliphatic rings. The van der Waals surface area contributed by atoms with Crippen LogP contribution in [-0.4, -0.2) is 18.2 Å². The Morgan fingerprint density at radius 3 is 2.12 bits per heavy atom. The number of hydrogen-bond acceptors (Lipinski definition) is 3. The van der Waals surface area contributed by atoms with Gasteiger partial charge in [0.25, 0.3) is 0 Å². The molecule has 0 aromatic heterocycles. The topological polar surface area (TPSA) is 43.4 Å². The fourth-order valence-corrected chi connectivity index (χ4v) is 2.54. The number of unbranched alkanes of at least 4 members (excludes halogenated alkanes) is 1. The van der Waals surface area contributed by atoms with Crippen molar-refractivity contribution in [2.24, 2.45) is 0 Å². The molecule has 0 saturated carbocycles. The molecule has 0 atom stereocenters. The summed E-state index contributed by atoms with van der Waals surface area (Å²) >= 11 is 9.20. The Hall–Kier alpha value is 0.0600. The molecular weight excluding hydrogens is 408 g/mol. The summed E-state index contributed by atoms with van der Waals surface area (Å²) in [6, 6.07) is 0. The number of carbonyl (C=O) groups excluding carboxylic acids is 2. The molecule has 0 saturated heterocycles. The summed E-state index contributed by atoms with van der Waals surface area (Å²) < 4.78 is 5.90. The average Bonchev–Trinajstić information content (AvgIpc) is 2.28. The van der Waals surface area contributed by atoms with Crippen LogP contribution in [0.1, 0.15) is 19.8 Å². The van der Waals surface area contributed by atoms with Crippen molar-refractivity contribution >= 4 is 59.4 Å². The fourth-order valence-electron chi connectivity index (χ4n) is 1.05. The summed E-state index contributed by atoms with van der Waals surface area (Å²) in [6.07, 6.45) is 1.81. The van der Waals surface area contributed by atoms with Crippen molar-refractivity contribution in [2.75, 3.05) is 6.61 Å². The van der Waals surface area contributed by atoms with Gasteiger partial charge in [-0.1, -0.05) is 13.3 Å². The third-order valence-electron chi connectivity index (χ3n) is 1.94. The maximum atomic E-state index is 11.8. The number of ether oxygens (including phenoxy) is 1. The van der Waals surface area contributed by atoms with Crippen molar-refractivity contribution in [1.29, 1.82) is 0 Å². The van der Waals surface area contributed by atoms with E-state index in [1.165, 1.54) is 0 Å². The van der Waals surface area contributed by atoms with Crippen LogP contribution in [0.15, 0.2) is 19.2 Å². The number of carbonyl (C=O) groups is 2. The Kier molecular flexibility index (Phi) is 5.40. The lowest BCUT2D eigenvalue weighted by molar-refractivity contribution is -0.117. The van der Waals surface area contributed by atoms with Crippen LogP contribution in [0.5, 0.6) is 0 Å². The molecule has 1 rings (SSSR count). The second kappa shape index (κ2) is 6.12. The molecule has 0 aromatic rings. The van der Waals surface area contributed by atoms with Crippen LogP contribution in [0.3, 0.4) is 0 Å². The standard InChI is InChI=1S/C10H9Br3O3/c1-2-3-4-16-10-7(13)8(14)5(11)6(12)9(10)15/h2-4H2,1H3. The van der Waals surface area contributed by atoms with E-state index in [9.17, 15) is 9.59 Å². The monoisotopic (exact) mass is 414 g/mol. The fraction of sp³-hybridized carbons (Fsp3) is 0.400. The van der Waals surface area contributed by atoms with Gasteiger partial charge in [-0.25, -0.2) is 0 Å². The predicted octanol–water partition coefficient (Wildman–Crippen LogP) is 3.56. The quantitative estimate of drug-likeness (QED) is 0.520. The van der Waals surface area contributed by atoms with Crippen LogP contribution >= 0.6 is 47.8 Å². The normalized spacial score (nSPS) is 17.2. The average molecular weight is 417 g/mol. The van der Waals surface area contributed by atoms with E-state index in [-0.39, 0.29) is 30.8 Å². The minimum absolute atomic E-state index is 0.0773. The number of allylic oxidation sites excluding steroid dienone is 3. The van der Waals surface area contributed by atoms with E-state index in [1.54, 1.807) is 0 Å². The highest BCUT2D eigenvalue weighted by Crippen LogP contribution is 2.34. The van der Waals surface area contributed by atoms with Gasteiger partial charge in [-0.2, -0.15) is 0 Å². The molecule has 0 unspecified atom stereocenters. The van der Waals surface area contributed by atoms with Crippen LogP contribution in [0, 0.1) is 0 Å². The van der Waals surface area contributed by atoms with Crippen LogP contribution in [0.4, 0.5) is 0 Å². The molecular formula is C10H9Br3O3. The Balaban J connectivity index is 2.91. The summed E-state index contributed by atoms with van der Waals surface area (Å²) in [5.74, 6) is -0.541. The van der Waals surface area contributed by atoms with E-state index in [0.717, 1.165) is 12.8 Å². The number of ketones is 2. The molecule has 1 aliphatic carbocycles. The van der Waals surface area contributed by atoms with Gasteiger partial charge in [0.15, 0.2) is 5.76 Å². The van der Waals surface area contributed by atoms with E-state index in [4.69, 9.17) is 4.74 Å². The van der Waals surface area contributed by atoms with Crippen molar-refractivity contribution in [3.8, 4) is 0 Å². The third kappa shape index (κ3) is 2.84. The van der Waals surface area contributed by atoms with Gasteiger partial charge in [0.05, 0.1) is 15.6 Å². The summed E-state index contributed by atoms with van der Waals surface area (Å²) in [4.78, 5) is 23.4. The van der Waals surface area contributed by atoms with Crippen molar-refractivity contribution in [3.63, 3.8) is 0 Å². The molecule has 0 bridgehead atoms. The first-order valence-electron chi connectivity index (χ1n) is 4.68. The molecule has 16 heavy (non-hydrogen) atoms. The van der Waals surface area contributed by atoms with Gasteiger partial charge in [-0.15, -0.1) is 0 Å². The first kappa shape index (κ1) is 14.1. The molecule has 0 amide bonds. The Labute approximate surface area is 119 Å². The first-order valence-corrected chi connectivity index (χ1v) is 7.05. The minimum atomic E-state index is -0.325. The molecule has 0 radical (unpaired) electrons. The minimum Gasteiger partial charge on any atom is -0.488 e. The smallest absolute Gasteiger partial charge is 0.237 e. The Morgan fingerprint density at radius 2 is 1.56 bits per heavy atom. The van der Waals surface area contributed by atoms with E-state index < -0.39 is 0 Å². The van der Waals surface area contributed by atoms with Gasteiger partial charge in [-0.05, 0) is 54.2 Å². The summed E-state index contributed by atoms with van der Waals surface area (Å²) in [6.45, 7) is 2.45. The van der Waals surface area contributed by atoms with Crippen molar-refractivity contribution in [2.45, 2.75) is 19.8 Å². The Morgan fingerprint density at radius 1 is 1.00 bits per heavy atom.